The summed E-state index contributed by atoms with van der Waals surface area (Å²) in [5, 5.41) is 75.0. The van der Waals surface area contributed by atoms with Crippen molar-refractivity contribution in [1.82, 2.24) is 0 Å². The third-order valence-electron chi connectivity index (χ3n) is 3.53. The summed E-state index contributed by atoms with van der Waals surface area (Å²) < 4.78 is 5.20. The van der Waals surface area contributed by atoms with Crippen LogP contribution in [0.5, 0.6) is 0 Å². The summed E-state index contributed by atoms with van der Waals surface area (Å²) in [6.07, 6.45) is -11.2. The van der Waals surface area contributed by atoms with E-state index in [2.05, 4.69) is 0 Å². The van der Waals surface area contributed by atoms with Crippen LogP contribution in [0.4, 0.5) is 0 Å². The molecule has 0 aliphatic carbocycles. The Morgan fingerprint density at radius 1 is 1.04 bits per heavy atom. The molecule has 0 unspecified atom stereocenters. The van der Waals surface area contributed by atoms with Crippen molar-refractivity contribution in [1.29, 1.82) is 0 Å². The third kappa shape index (κ3) is 4.82. The van der Waals surface area contributed by atoms with Gasteiger partial charge in [-0.25, -0.2) is 0 Å². The molecule has 0 radical (unpaired) electrons. The first-order valence-corrected chi connectivity index (χ1v) is 7.79. The van der Waals surface area contributed by atoms with Crippen molar-refractivity contribution in [2.75, 3.05) is 13.2 Å². The van der Waals surface area contributed by atoms with Crippen molar-refractivity contribution in [2.24, 2.45) is 0 Å². The summed E-state index contributed by atoms with van der Waals surface area (Å²) in [7, 11) is 0. The SMILES string of the molecule is O=C[C@H](O)[C@@H](O)[C@H](S[C@@H]1O[C@H](CO)[C@@H](O)[C@H](O)[C@H]1O)[C@H](O)CO. The molecular formula is C12H22O10S. The van der Waals surface area contributed by atoms with Crippen molar-refractivity contribution in [3.8, 4) is 0 Å². The lowest BCUT2D eigenvalue weighted by Crippen LogP contribution is -2.58. The number of aliphatic hydroxyl groups is 8. The molecule has 1 saturated heterocycles. The van der Waals surface area contributed by atoms with E-state index in [1.165, 1.54) is 0 Å². The van der Waals surface area contributed by atoms with Gasteiger partial charge in [0, 0.05) is 0 Å². The number of aliphatic hydroxyl groups excluding tert-OH is 8. The lowest BCUT2D eigenvalue weighted by atomic mass is 10.0. The Morgan fingerprint density at radius 2 is 1.65 bits per heavy atom. The molecule has 0 amide bonds. The fraction of sp³-hybridized carbons (Fsp3) is 0.917. The van der Waals surface area contributed by atoms with Crippen LogP contribution < -0.4 is 0 Å². The van der Waals surface area contributed by atoms with E-state index in [0.29, 0.717) is 11.8 Å². The summed E-state index contributed by atoms with van der Waals surface area (Å²) >= 11 is 0.550. The molecule has 11 heteroatoms. The number of carbonyl (C=O) groups is 1. The monoisotopic (exact) mass is 358 g/mol. The zero-order chi connectivity index (χ0) is 17.7. The Hall–Kier alpha value is -0.340. The molecule has 0 aromatic carbocycles. The van der Waals surface area contributed by atoms with Crippen LogP contribution in [-0.4, -0.2) is 114 Å². The Morgan fingerprint density at radius 3 is 2.13 bits per heavy atom. The summed E-state index contributed by atoms with van der Waals surface area (Å²) in [5.41, 5.74) is -1.30. The molecule has 1 heterocycles. The zero-order valence-corrected chi connectivity index (χ0v) is 12.8. The maximum atomic E-state index is 10.6. The van der Waals surface area contributed by atoms with E-state index < -0.39 is 66.6 Å². The van der Waals surface area contributed by atoms with E-state index in [1.807, 2.05) is 0 Å². The molecule has 1 rings (SSSR count). The van der Waals surface area contributed by atoms with Crippen LogP contribution in [0.2, 0.25) is 0 Å². The highest BCUT2D eigenvalue weighted by Gasteiger charge is 2.46. The molecule has 9 atom stereocenters. The van der Waals surface area contributed by atoms with Gasteiger partial charge in [-0.2, -0.15) is 0 Å². The molecule has 0 spiro atoms. The van der Waals surface area contributed by atoms with Crippen LogP contribution >= 0.6 is 11.8 Å². The van der Waals surface area contributed by atoms with Gasteiger partial charge >= 0.3 is 0 Å². The second-order valence-electron chi connectivity index (χ2n) is 5.17. The van der Waals surface area contributed by atoms with Gasteiger partial charge in [0.15, 0.2) is 6.29 Å². The first-order chi connectivity index (χ1) is 10.8. The predicted molar refractivity (Wildman–Crippen MR) is 76.3 cm³/mol. The quantitative estimate of drug-likeness (QED) is 0.194. The van der Waals surface area contributed by atoms with Gasteiger partial charge in [-0.3, -0.25) is 0 Å². The van der Waals surface area contributed by atoms with Crippen molar-refractivity contribution in [2.45, 2.75) is 53.4 Å². The second-order valence-corrected chi connectivity index (χ2v) is 6.45. The second kappa shape index (κ2) is 9.22. The molecule has 0 bridgehead atoms. The minimum Gasteiger partial charge on any atom is -0.394 e. The van der Waals surface area contributed by atoms with E-state index in [9.17, 15) is 35.4 Å². The fourth-order valence-corrected chi connectivity index (χ4v) is 3.54. The summed E-state index contributed by atoms with van der Waals surface area (Å²) in [4.78, 5) is 10.6. The molecule has 8 N–H and O–H groups in total. The minimum absolute atomic E-state index is 0.0373. The van der Waals surface area contributed by atoms with Gasteiger partial charge in [0.05, 0.1) is 24.6 Å². The highest BCUT2D eigenvalue weighted by molar-refractivity contribution is 8.00. The van der Waals surface area contributed by atoms with Gasteiger partial charge in [-0.05, 0) is 0 Å². The van der Waals surface area contributed by atoms with Crippen molar-refractivity contribution in [3.05, 3.63) is 0 Å². The molecule has 10 nitrogen and oxygen atoms in total. The van der Waals surface area contributed by atoms with E-state index in [0.717, 1.165) is 0 Å². The largest absolute Gasteiger partial charge is 0.394 e. The number of ether oxygens (including phenoxy) is 1. The minimum atomic E-state index is -1.85. The van der Waals surface area contributed by atoms with Crippen molar-refractivity contribution in [3.63, 3.8) is 0 Å². The molecule has 1 aliphatic heterocycles. The Labute approximate surface area is 135 Å². The molecule has 1 fully saturated rings. The van der Waals surface area contributed by atoms with Gasteiger partial charge in [-0.15, -0.1) is 11.8 Å². The number of hydrogen-bond acceptors (Lipinski definition) is 11. The highest BCUT2D eigenvalue weighted by atomic mass is 32.2. The van der Waals surface area contributed by atoms with Crippen LogP contribution in [0.3, 0.4) is 0 Å². The maximum Gasteiger partial charge on any atom is 0.151 e. The van der Waals surface area contributed by atoms with E-state index in [-0.39, 0.29) is 6.29 Å². The summed E-state index contributed by atoms with van der Waals surface area (Å²) in [6.45, 7) is -1.47. The lowest BCUT2D eigenvalue weighted by Gasteiger charge is -2.41. The smallest absolute Gasteiger partial charge is 0.151 e. The molecule has 0 aromatic heterocycles. The van der Waals surface area contributed by atoms with Crippen molar-refractivity contribution < 1.29 is 50.4 Å². The van der Waals surface area contributed by atoms with E-state index >= 15 is 0 Å². The van der Waals surface area contributed by atoms with E-state index in [1.54, 1.807) is 0 Å². The van der Waals surface area contributed by atoms with Crippen LogP contribution in [0.15, 0.2) is 0 Å². The van der Waals surface area contributed by atoms with Crippen LogP contribution in [0, 0.1) is 0 Å². The first kappa shape index (κ1) is 20.7. The van der Waals surface area contributed by atoms with Crippen LogP contribution in [0.1, 0.15) is 0 Å². The molecule has 1 aliphatic rings. The topological polar surface area (TPSA) is 188 Å². The molecular weight excluding hydrogens is 336 g/mol. The van der Waals surface area contributed by atoms with Crippen LogP contribution in [-0.2, 0) is 9.53 Å². The maximum absolute atomic E-state index is 10.6. The molecule has 23 heavy (non-hydrogen) atoms. The van der Waals surface area contributed by atoms with Gasteiger partial charge in [-0.1, -0.05) is 0 Å². The number of rotatable bonds is 8. The standard InChI is InChI=1S/C12H22O10S/c13-1-4(16)7(18)11(5(17)2-14)23-12-10(21)9(20)8(19)6(3-15)22-12/h1,4-12,14-21H,2-3H2/t4-,5+,6+,7+,8+,9-,10+,11+,12-/m0/s1. The van der Waals surface area contributed by atoms with Gasteiger partial charge in [0.2, 0.25) is 0 Å². The average Bonchev–Trinajstić information content (AvgIpc) is 2.57. The normalized spacial score (nSPS) is 37.0. The molecule has 0 saturated carbocycles. The first-order valence-electron chi connectivity index (χ1n) is 6.84. The average molecular weight is 358 g/mol. The van der Waals surface area contributed by atoms with Crippen molar-refractivity contribution >= 4 is 18.0 Å². The summed E-state index contributed by atoms with van der Waals surface area (Å²) in [6, 6.07) is 0. The molecule has 136 valence electrons. The number of thioether (sulfide) groups is 1. The Bertz CT molecular complexity index is 370. The number of aldehydes is 1. The molecule has 0 aromatic rings. The number of carbonyl (C=O) groups excluding carboxylic acids is 1. The highest BCUT2D eigenvalue weighted by Crippen LogP contribution is 2.34. The number of hydrogen-bond donors (Lipinski definition) is 8. The fourth-order valence-electron chi connectivity index (χ4n) is 2.11. The lowest BCUT2D eigenvalue weighted by molar-refractivity contribution is -0.206. The third-order valence-corrected chi connectivity index (χ3v) is 5.10. The predicted octanol–water partition coefficient (Wildman–Crippen LogP) is -4.84. The van der Waals surface area contributed by atoms with Gasteiger partial charge < -0.3 is 50.4 Å². The summed E-state index contributed by atoms with van der Waals surface area (Å²) in [5.74, 6) is 0. The Balaban J connectivity index is 2.91. The Kier molecular flexibility index (Phi) is 8.30. The van der Waals surface area contributed by atoms with Gasteiger partial charge in [0.25, 0.3) is 0 Å². The van der Waals surface area contributed by atoms with E-state index in [4.69, 9.17) is 14.9 Å². The van der Waals surface area contributed by atoms with Gasteiger partial charge in [0.1, 0.15) is 42.1 Å². The van der Waals surface area contributed by atoms with Crippen LogP contribution in [0.25, 0.3) is 0 Å². The zero-order valence-electron chi connectivity index (χ0n) is 12.0.